The van der Waals surface area contributed by atoms with E-state index in [4.69, 9.17) is 0 Å². The molecule has 110 valence electrons. The van der Waals surface area contributed by atoms with Crippen molar-refractivity contribution >= 4 is 5.91 Å². The lowest BCUT2D eigenvalue weighted by Gasteiger charge is -2.13. The van der Waals surface area contributed by atoms with E-state index in [0.717, 1.165) is 17.1 Å². The summed E-state index contributed by atoms with van der Waals surface area (Å²) in [5.74, 6) is -0.444. The van der Waals surface area contributed by atoms with Crippen LogP contribution in [0.3, 0.4) is 0 Å². The summed E-state index contributed by atoms with van der Waals surface area (Å²) in [6.07, 6.45) is -1.17. The Balaban J connectivity index is 2.03. The van der Waals surface area contributed by atoms with Gasteiger partial charge in [0.05, 0.1) is 29.3 Å². The highest BCUT2D eigenvalue weighted by molar-refractivity contribution is 5.81. The Bertz CT molecular complexity index is 641. The normalized spacial score (nSPS) is 12.0. The summed E-state index contributed by atoms with van der Waals surface area (Å²) in [6, 6.07) is 8.83. The van der Waals surface area contributed by atoms with Gasteiger partial charge in [-0.2, -0.15) is 0 Å². The summed E-state index contributed by atoms with van der Waals surface area (Å²) >= 11 is 0. The second kappa shape index (κ2) is 6.45. The quantitative estimate of drug-likeness (QED) is 0.897. The van der Waals surface area contributed by atoms with Crippen molar-refractivity contribution < 1.29 is 9.90 Å². The SMILES string of the molecule is Cc1nc(C)c(CNC(=O)C(O)c2ccccc2)nc1C. The minimum atomic E-state index is -1.17. The molecule has 1 heterocycles. The number of hydrogen-bond acceptors (Lipinski definition) is 4. The Labute approximate surface area is 124 Å². The predicted octanol–water partition coefficient (Wildman–Crippen LogP) is 1.75. The number of aromatic nitrogens is 2. The number of carbonyl (C=O) groups is 1. The van der Waals surface area contributed by atoms with Crippen LogP contribution in [-0.4, -0.2) is 21.0 Å². The molecule has 0 saturated heterocycles. The third-order valence-electron chi connectivity index (χ3n) is 3.37. The Morgan fingerprint density at radius 3 is 2.38 bits per heavy atom. The number of aliphatic hydroxyl groups is 1. The van der Waals surface area contributed by atoms with Gasteiger partial charge in [-0.15, -0.1) is 0 Å². The largest absolute Gasteiger partial charge is 0.378 e. The summed E-state index contributed by atoms with van der Waals surface area (Å²) in [7, 11) is 0. The minimum absolute atomic E-state index is 0.253. The van der Waals surface area contributed by atoms with Crippen molar-refractivity contribution in [2.75, 3.05) is 0 Å². The van der Waals surface area contributed by atoms with Crippen LogP contribution in [0.2, 0.25) is 0 Å². The number of hydrogen-bond donors (Lipinski definition) is 2. The second-order valence-electron chi connectivity index (χ2n) is 4.96. The fourth-order valence-electron chi connectivity index (χ4n) is 1.98. The van der Waals surface area contributed by atoms with Crippen molar-refractivity contribution in [3.05, 3.63) is 58.7 Å². The summed E-state index contributed by atoms with van der Waals surface area (Å²) in [6.45, 7) is 5.89. The highest BCUT2D eigenvalue weighted by Gasteiger charge is 2.17. The number of amides is 1. The van der Waals surface area contributed by atoms with Gasteiger partial charge in [0.15, 0.2) is 6.10 Å². The van der Waals surface area contributed by atoms with Crippen LogP contribution >= 0.6 is 0 Å². The van der Waals surface area contributed by atoms with Gasteiger partial charge in [0.2, 0.25) is 0 Å². The Morgan fingerprint density at radius 2 is 1.71 bits per heavy atom. The molecule has 0 aliphatic carbocycles. The predicted molar refractivity (Wildman–Crippen MR) is 79.5 cm³/mol. The van der Waals surface area contributed by atoms with E-state index in [9.17, 15) is 9.90 Å². The number of aliphatic hydroxyl groups excluding tert-OH is 1. The number of rotatable bonds is 4. The van der Waals surface area contributed by atoms with Crippen LogP contribution in [-0.2, 0) is 11.3 Å². The van der Waals surface area contributed by atoms with Crippen LogP contribution < -0.4 is 5.32 Å². The Morgan fingerprint density at radius 1 is 1.10 bits per heavy atom. The van der Waals surface area contributed by atoms with Crippen LogP contribution in [0.4, 0.5) is 0 Å². The number of nitrogens with zero attached hydrogens (tertiary/aromatic N) is 2. The molecule has 1 unspecified atom stereocenters. The van der Waals surface area contributed by atoms with E-state index >= 15 is 0 Å². The molecule has 5 heteroatoms. The molecular weight excluding hydrogens is 266 g/mol. The van der Waals surface area contributed by atoms with Gasteiger partial charge in [0, 0.05) is 0 Å². The molecule has 1 aromatic heterocycles. The van der Waals surface area contributed by atoms with Crippen molar-refractivity contribution in [2.24, 2.45) is 0 Å². The highest BCUT2D eigenvalue weighted by Crippen LogP contribution is 2.12. The molecule has 2 rings (SSSR count). The summed E-state index contributed by atoms with van der Waals surface area (Å²) in [4.78, 5) is 20.8. The molecule has 0 spiro atoms. The average Bonchev–Trinajstić information content (AvgIpc) is 2.49. The van der Waals surface area contributed by atoms with Crippen LogP contribution in [0.5, 0.6) is 0 Å². The fraction of sp³-hybridized carbons (Fsp3) is 0.312. The lowest BCUT2D eigenvalue weighted by molar-refractivity contribution is -0.129. The van der Waals surface area contributed by atoms with Gasteiger partial charge in [0.25, 0.3) is 5.91 Å². The van der Waals surface area contributed by atoms with Crippen molar-refractivity contribution in [3.63, 3.8) is 0 Å². The average molecular weight is 285 g/mol. The lowest BCUT2D eigenvalue weighted by Crippen LogP contribution is -2.29. The number of aryl methyl sites for hydroxylation is 3. The number of benzene rings is 1. The van der Waals surface area contributed by atoms with Gasteiger partial charge in [-0.05, 0) is 26.3 Å². The molecule has 0 fully saturated rings. The van der Waals surface area contributed by atoms with Crippen LogP contribution in [0.1, 0.15) is 34.4 Å². The summed E-state index contributed by atoms with van der Waals surface area (Å²) < 4.78 is 0. The molecular formula is C16H19N3O2. The van der Waals surface area contributed by atoms with Gasteiger partial charge >= 0.3 is 0 Å². The number of nitrogens with one attached hydrogen (secondary N) is 1. The molecule has 21 heavy (non-hydrogen) atoms. The van der Waals surface area contributed by atoms with Crippen LogP contribution in [0.25, 0.3) is 0 Å². The molecule has 2 aromatic rings. The van der Waals surface area contributed by atoms with Crippen LogP contribution in [0.15, 0.2) is 30.3 Å². The van der Waals surface area contributed by atoms with Crippen LogP contribution in [0, 0.1) is 20.8 Å². The Hall–Kier alpha value is -2.27. The van der Waals surface area contributed by atoms with E-state index in [2.05, 4.69) is 15.3 Å². The third-order valence-corrected chi connectivity index (χ3v) is 3.37. The molecule has 5 nitrogen and oxygen atoms in total. The monoisotopic (exact) mass is 285 g/mol. The fourth-order valence-corrected chi connectivity index (χ4v) is 1.98. The third kappa shape index (κ3) is 3.64. The molecule has 1 atom stereocenters. The van der Waals surface area contributed by atoms with E-state index in [1.165, 1.54) is 0 Å². The Kier molecular flexibility index (Phi) is 4.65. The summed E-state index contributed by atoms with van der Waals surface area (Å²) in [5, 5.41) is 12.7. The first kappa shape index (κ1) is 15.1. The summed E-state index contributed by atoms with van der Waals surface area (Å²) in [5.41, 5.74) is 3.79. The van der Waals surface area contributed by atoms with E-state index in [1.807, 2.05) is 26.8 Å². The van der Waals surface area contributed by atoms with Gasteiger partial charge < -0.3 is 10.4 Å². The first-order valence-electron chi connectivity index (χ1n) is 6.80. The molecule has 1 amide bonds. The zero-order chi connectivity index (χ0) is 15.4. The first-order chi connectivity index (χ1) is 9.99. The van der Waals surface area contributed by atoms with E-state index < -0.39 is 12.0 Å². The topological polar surface area (TPSA) is 75.1 Å². The van der Waals surface area contributed by atoms with Crippen molar-refractivity contribution in [1.82, 2.24) is 15.3 Å². The highest BCUT2D eigenvalue weighted by atomic mass is 16.3. The van der Waals surface area contributed by atoms with E-state index in [1.54, 1.807) is 24.3 Å². The molecule has 0 bridgehead atoms. The maximum Gasteiger partial charge on any atom is 0.253 e. The van der Waals surface area contributed by atoms with Gasteiger partial charge in [-0.1, -0.05) is 30.3 Å². The van der Waals surface area contributed by atoms with Crippen molar-refractivity contribution in [3.8, 4) is 0 Å². The van der Waals surface area contributed by atoms with E-state index in [-0.39, 0.29) is 6.54 Å². The van der Waals surface area contributed by atoms with Crippen molar-refractivity contribution in [1.29, 1.82) is 0 Å². The molecule has 0 radical (unpaired) electrons. The second-order valence-corrected chi connectivity index (χ2v) is 4.96. The van der Waals surface area contributed by atoms with Gasteiger partial charge in [0.1, 0.15) is 0 Å². The standard InChI is InChI=1S/C16H19N3O2/c1-10-11(2)19-14(12(3)18-10)9-17-16(21)15(20)13-7-5-4-6-8-13/h4-8,15,20H,9H2,1-3H3,(H,17,21). The maximum absolute atomic E-state index is 12.0. The maximum atomic E-state index is 12.0. The zero-order valence-electron chi connectivity index (χ0n) is 12.4. The molecule has 0 aliphatic rings. The molecule has 0 saturated carbocycles. The van der Waals surface area contributed by atoms with Gasteiger partial charge in [-0.3, -0.25) is 14.8 Å². The molecule has 1 aromatic carbocycles. The van der Waals surface area contributed by atoms with E-state index in [0.29, 0.717) is 11.3 Å². The number of carbonyl (C=O) groups excluding carboxylic acids is 1. The van der Waals surface area contributed by atoms with Crippen molar-refractivity contribution in [2.45, 2.75) is 33.4 Å². The minimum Gasteiger partial charge on any atom is -0.378 e. The molecule has 0 aliphatic heterocycles. The first-order valence-corrected chi connectivity index (χ1v) is 6.80. The zero-order valence-corrected chi connectivity index (χ0v) is 12.4. The smallest absolute Gasteiger partial charge is 0.253 e. The van der Waals surface area contributed by atoms with Gasteiger partial charge in [-0.25, -0.2) is 0 Å². The molecule has 2 N–H and O–H groups in total. The lowest BCUT2D eigenvalue weighted by atomic mass is 10.1.